The van der Waals surface area contributed by atoms with E-state index in [1.807, 2.05) is 30.3 Å². The van der Waals surface area contributed by atoms with Crippen molar-refractivity contribution in [1.29, 1.82) is 0 Å². The average Bonchev–Trinajstić information content (AvgIpc) is 3.22. The minimum absolute atomic E-state index is 0.157. The van der Waals surface area contributed by atoms with E-state index in [9.17, 15) is 9.59 Å². The first-order valence-electron chi connectivity index (χ1n) is 10.9. The monoisotopic (exact) mass is 488 g/mol. The summed E-state index contributed by atoms with van der Waals surface area (Å²) in [6.45, 7) is 0. The van der Waals surface area contributed by atoms with E-state index in [0.29, 0.717) is 34.3 Å². The number of ether oxygens (including phenoxy) is 6. The van der Waals surface area contributed by atoms with Gasteiger partial charge in [-0.3, -0.25) is 4.79 Å². The normalized spacial score (nSPS) is 13.3. The van der Waals surface area contributed by atoms with Gasteiger partial charge < -0.3 is 28.4 Å². The highest BCUT2D eigenvalue weighted by Crippen LogP contribution is 2.39. The Labute approximate surface area is 208 Å². The van der Waals surface area contributed by atoms with Crippen LogP contribution in [0.3, 0.4) is 0 Å². The van der Waals surface area contributed by atoms with E-state index in [-0.39, 0.29) is 22.9 Å². The summed E-state index contributed by atoms with van der Waals surface area (Å²) in [5, 5.41) is 0. The van der Waals surface area contributed by atoms with E-state index in [1.165, 1.54) is 45.6 Å². The van der Waals surface area contributed by atoms with Crippen LogP contribution in [0.1, 0.15) is 26.3 Å². The van der Waals surface area contributed by atoms with E-state index in [1.54, 1.807) is 25.3 Å². The summed E-state index contributed by atoms with van der Waals surface area (Å²) >= 11 is 0. The zero-order chi connectivity index (χ0) is 25.7. The van der Waals surface area contributed by atoms with Crippen LogP contribution in [0.5, 0.6) is 34.5 Å². The van der Waals surface area contributed by atoms with Crippen molar-refractivity contribution in [2.24, 2.45) is 0 Å². The number of fused-ring (bicyclic) bond motifs is 1. The maximum absolute atomic E-state index is 12.8. The molecule has 4 rings (SSSR count). The highest BCUT2D eigenvalue weighted by molar-refractivity contribution is 6.12. The van der Waals surface area contributed by atoms with Crippen LogP contribution >= 0.6 is 0 Å². The number of carbonyl (C=O) groups is 2. The molecule has 0 fully saturated rings. The van der Waals surface area contributed by atoms with Crippen LogP contribution in [-0.4, -0.2) is 40.2 Å². The van der Waals surface area contributed by atoms with Crippen molar-refractivity contribution >= 4 is 17.8 Å². The van der Waals surface area contributed by atoms with Gasteiger partial charge in [0, 0.05) is 11.6 Å². The summed E-state index contributed by atoms with van der Waals surface area (Å²) < 4.78 is 32.4. The molecule has 0 aromatic heterocycles. The van der Waals surface area contributed by atoms with E-state index >= 15 is 0 Å². The zero-order valence-electron chi connectivity index (χ0n) is 20.2. The summed E-state index contributed by atoms with van der Waals surface area (Å²) in [5.41, 5.74) is 1.43. The molecular formula is C28H24O8. The number of methoxy groups -OCH3 is 4. The molecule has 0 spiro atoms. The van der Waals surface area contributed by atoms with E-state index in [0.717, 1.165) is 5.56 Å². The first-order chi connectivity index (χ1) is 17.5. The largest absolute Gasteiger partial charge is 0.496 e. The fourth-order valence-corrected chi connectivity index (χ4v) is 3.65. The molecule has 8 nitrogen and oxygen atoms in total. The van der Waals surface area contributed by atoms with Crippen LogP contribution in [0.4, 0.5) is 0 Å². The van der Waals surface area contributed by atoms with E-state index < -0.39 is 5.97 Å². The number of carbonyl (C=O) groups excluding carboxylic acids is 2. The maximum atomic E-state index is 12.8. The van der Waals surface area contributed by atoms with Gasteiger partial charge in [0.15, 0.2) is 17.3 Å². The molecule has 1 aliphatic heterocycles. The number of allylic oxidation sites excluding steroid dienone is 3. The van der Waals surface area contributed by atoms with Crippen molar-refractivity contribution in [3.63, 3.8) is 0 Å². The van der Waals surface area contributed by atoms with Gasteiger partial charge in [0.2, 0.25) is 11.5 Å². The number of hydrogen-bond donors (Lipinski definition) is 0. The summed E-state index contributed by atoms with van der Waals surface area (Å²) in [7, 11) is 5.98. The Bertz CT molecular complexity index is 1340. The Hall–Kier alpha value is -4.72. The Morgan fingerprint density at radius 2 is 1.53 bits per heavy atom. The fourth-order valence-electron chi connectivity index (χ4n) is 3.65. The molecule has 1 aliphatic rings. The smallest absolute Gasteiger partial charge is 0.343 e. The third kappa shape index (κ3) is 4.88. The molecule has 0 N–H and O–H groups in total. The number of Topliss-reactive ketones (excluding diaryl/α,β-unsaturated/α-hetero) is 1. The molecule has 0 unspecified atom stereocenters. The lowest BCUT2D eigenvalue weighted by atomic mass is 10.1. The second-order valence-corrected chi connectivity index (χ2v) is 7.52. The summed E-state index contributed by atoms with van der Waals surface area (Å²) in [4.78, 5) is 25.5. The minimum Gasteiger partial charge on any atom is -0.496 e. The summed E-state index contributed by atoms with van der Waals surface area (Å²) in [6.07, 6.45) is 5.11. The molecule has 3 aromatic carbocycles. The molecule has 184 valence electrons. The minimum atomic E-state index is -0.644. The van der Waals surface area contributed by atoms with Gasteiger partial charge in [0.05, 0.1) is 39.6 Å². The van der Waals surface area contributed by atoms with Crippen molar-refractivity contribution in [2.75, 3.05) is 28.4 Å². The van der Waals surface area contributed by atoms with Crippen LogP contribution in [0.25, 0.3) is 6.08 Å². The number of ketones is 1. The predicted molar refractivity (Wildman–Crippen MR) is 133 cm³/mol. The second kappa shape index (κ2) is 10.7. The third-order valence-corrected chi connectivity index (χ3v) is 5.41. The Kier molecular flexibility index (Phi) is 7.25. The van der Waals surface area contributed by atoms with Gasteiger partial charge in [-0.1, -0.05) is 30.4 Å². The highest BCUT2D eigenvalue weighted by atomic mass is 16.5. The fraction of sp³-hybridized carbons (Fsp3) is 0.143. The molecule has 8 heteroatoms. The first-order valence-corrected chi connectivity index (χ1v) is 10.9. The topological polar surface area (TPSA) is 89.5 Å². The third-order valence-electron chi connectivity index (χ3n) is 5.41. The average molecular weight is 488 g/mol. The molecule has 1 heterocycles. The lowest BCUT2D eigenvalue weighted by Gasteiger charge is -2.13. The number of benzene rings is 3. The maximum Gasteiger partial charge on any atom is 0.343 e. The van der Waals surface area contributed by atoms with Crippen LogP contribution in [0, 0.1) is 0 Å². The Morgan fingerprint density at radius 1 is 0.833 bits per heavy atom. The second-order valence-electron chi connectivity index (χ2n) is 7.52. The van der Waals surface area contributed by atoms with Gasteiger partial charge in [-0.15, -0.1) is 0 Å². The molecule has 36 heavy (non-hydrogen) atoms. The number of hydrogen-bond acceptors (Lipinski definition) is 8. The number of rotatable bonds is 8. The molecule has 0 amide bonds. The van der Waals surface area contributed by atoms with E-state index in [2.05, 4.69) is 0 Å². The van der Waals surface area contributed by atoms with Crippen molar-refractivity contribution in [2.45, 2.75) is 0 Å². The van der Waals surface area contributed by atoms with Gasteiger partial charge in [-0.2, -0.15) is 0 Å². The van der Waals surface area contributed by atoms with E-state index in [4.69, 9.17) is 28.4 Å². The zero-order valence-corrected chi connectivity index (χ0v) is 20.2. The van der Waals surface area contributed by atoms with Crippen molar-refractivity contribution in [3.8, 4) is 34.5 Å². The molecule has 0 bridgehead atoms. The van der Waals surface area contributed by atoms with Crippen LogP contribution in [0.15, 0.2) is 72.5 Å². The molecule has 0 radical (unpaired) electrons. The lowest BCUT2D eigenvalue weighted by Crippen LogP contribution is -2.09. The molecular weight excluding hydrogens is 464 g/mol. The Balaban J connectivity index is 1.51. The quantitative estimate of drug-likeness (QED) is 0.245. The van der Waals surface area contributed by atoms with Crippen molar-refractivity contribution < 1.29 is 38.0 Å². The van der Waals surface area contributed by atoms with Gasteiger partial charge >= 0.3 is 5.97 Å². The molecule has 0 aliphatic carbocycles. The van der Waals surface area contributed by atoms with Crippen molar-refractivity contribution in [1.82, 2.24) is 0 Å². The highest BCUT2D eigenvalue weighted by Gasteiger charge is 2.28. The lowest BCUT2D eigenvalue weighted by molar-refractivity contribution is 0.0733. The van der Waals surface area contributed by atoms with Gasteiger partial charge in [-0.05, 0) is 36.4 Å². The first kappa shape index (κ1) is 24.4. The van der Waals surface area contributed by atoms with Crippen molar-refractivity contribution in [3.05, 3.63) is 89.2 Å². The predicted octanol–water partition coefficient (Wildman–Crippen LogP) is 5.11. The standard InChI is InChI=1S/C28H24O8/c1-31-21-10-6-5-8-17(21)9-7-11-22-26(29)20-13-12-19(16-23(20)36-22)35-28(30)18-14-24(32-2)27(34-4)25(15-18)33-3/h5-16H,1-4H3. The number of para-hydroxylation sites is 1. The molecule has 0 saturated carbocycles. The molecule has 0 atom stereocenters. The van der Waals surface area contributed by atoms with Crippen LogP contribution < -0.4 is 28.4 Å². The van der Waals surface area contributed by atoms with Gasteiger partial charge in [0.25, 0.3) is 0 Å². The summed E-state index contributed by atoms with van der Waals surface area (Å²) in [5.74, 6) is 1.48. The Morgan fingerprint density at radius 3 is 2.19 bits per heavy atom. The van der Waals surface area contributed by atoms with Gasteiger partial charge in [-0.25, -0.2) is 4.79 Å². The molecule has 3 aromatic rings. The SMILES string of the molecule is COc1ccccc1C=CC=C1Oc2cc(OC(=O)c3cc(OC)c(OC)c(OC)c3)ccc2C1=O. The van der Waals surface area contributed by atoms with Crippen LogP contribution in [-0.2, 0) is 0 Å². The van der Waals surface area contributed by atoms with Gasteiger partial charge in [0.1, 0.15) is 17.2 Å². The number of esters is 1. The molecule has 0 saturated heterocycles. The summed E-state index contributed by atoms with van der Waals surface area (Å²) in [6, 6.07) is 15.1. The van der Waals surface area contributed by atoms with Crippen LogP contribution in [0.2, 0.25) is 0 Å².